The average Bonchev–Trinajstić information content (AvgIpc) is 2.21. The SMILES string of the molecule is O=C(O)C1(OCc2cc(Cl)ccc2Cl)COC1. The molecular weight excluding hydrogens is 267 g/mol. The summed E-state index contributed by atoms with van der Waals surface area (Å²) in [6, 6.07) is 4.96. The van der Waals surface area contributed by atoms with E-state index in [9.17, 15) is 4.79 Å². The van der Waals surface area contributed by atoms with Crippen LogP contribution in [0.4, 0.5) is 0 Å². The molecule has 1 heterocycles. The fourth-order valence-electron chi connectivity index (χ4n) is 1.43. The molecule has 0 bridgehead atoms. The van der Waals surface area contributed by atoms with Gasteiger partial charge in [0.2, 0.25) is 5.60 Å². The van der Waals surface area contributed by atoms with Crippen LogP contribution in [0.3, 0.4) is 0 Å². The summed E-state index contributed by atoms with van der Waals surface area (Å²) in [7, 11) is 0. The van der Waals surface area contributed by atoms with Crippen LogP contribution >= 0.6 is 23.2 Å². The van der Waals surface area contributed by atoms with Gasteiger partial charge in [0.1, 0.15) is 0 Å². The first-order valence-corrected chi connectivity index (χ1v) is 5.68. The standard InChI is InChI=1S/C11H10Cl2O4/c12-8-1-2-9(13)7(3-8)4-17-11(10(14)15)5-16-6-11/h1-3H,4-6H2,(H,14,15). The van der Waals surface area contributed by atoms with Crippen LogP contribution in [0.15, 0.2) is 18.2 Å². The molecule has 1 fully saturated rings. The van der Waals surface area contributed by atoms with Crippen LogP contribution in [0.1, 0.15) is 5.56 Å². The minimum Gasteiger partial charge on any atom is -0.479 e. The van der Waals surface area contributed by atoms with Crippen molar-refractivity contribution >= 4 is 29.2 Å². The quantitative estimate of drug-likeness (QED) is 0.917. The zero-order valence-electron chi connectivity index (χ0n) is 8.78. The molecule has 0 amide bonds. The van der Waals surface area contributed by atoms with E-state index in [0.29, 0.717) is 15.6 Å². The van der Waals surface area contributed by atoms with Crippen molar-refractivity contribution in [2.24, 2.45) is 0 Å². The van der Waals surface area contributed by atoms with Gasteiger partial charge in [0.25, 0.3) is 0 Å². The van der Waals surface area contributed by atoms with Gasteiger partial charge in [-0.15, -0.1) is 0 Å². The highest BCUT2D eigenvalue weighted by Crippen LogP contribution is 2.27. The number of aliphatic carboxylic acids is 1. The van der Waals surface area contributed by atoms with Crippen molar-refractivity contribution in [3.05, 3.63) is 33.8 Å². The molecule has 0 spiro atoms. The summed E-state index contributed by atoms with van der Waals surface area (Å²) >= 11 is 11.8. The number of ether oxygens (including phenoxy) is 2. The lowest BCUT2D eigenvalue weighted by atomic mass is 10.0. The fourth-order valence-corrected chi connectivity index (χ4v) is 1.79. The first kappa shape index (κ1) is 12.6. The average molecular weight is 277 g/mol. The molecule has 1 N–H and O–H groups in total. The van der Waals surface area contributed by atoms with E-state index in [0.717, 1.165) is 0 Å². The van der Waals surface area contributed by atoms with E-state index in [1.54, 1.807) is 18.2 Å². The molecule has 1 aromatic carbocycles. The highest BCUT2D eigenvalue weighted by atomic mass is 35.5. The lowest BCUT2D eigenvalue weighted by Crippen LogP contribution is -2.57. The molecule has 0 unspecified atom stereocenters. The van der Waals surface area contributed by atoms with Crippen LogP contribution in [-0.4, -0.2) is 29.9 Å². The summed E-state index contributed by atoms with van der Waals surface area (Å²) in [6.07, 6.45) is 0. The van der Waals surface area contributed by atoms with Gasteiger partial charge < -0.3 is 14.6 Å². The number of benzene rings is 1. The Morgan fingerprint density at radius 1 is 1.47 bits per heavy atom. The van der Waals surface area contributed by atoms with E-state index < -0.39 is 11.6 Å². The number of carboxylic acid groups (broad SMARTS) is 1. The third-order valence-electron chi connectivity index (χ3n) is 2.57. The third-order valence-corrected chi connectivity index (χ3v) is 3.18. The maximum atomic E-state index is 11.0. The van der Waals surface area contributed by atoms with Crippen molar-refractivity contribution < 1.29 is 19.4 Å². The highest BCUT2D eigenvalue weighted by Gasteiger charge is 2.47. The molecule has 1 aliphatic rings. The first-order chi connectivity index (χ1) is 8.03. The van der Waals surface area contributed by atoms with E-state index in [1.165, 1.54) is 0 Å². The number of rotatable bonds is 4. The summed E-state index contributed by atoms with van der Waals surface area (Å²) in [5, 5.41) is 10.0. The van der Waals surface area contributed by atoms with Gasteiger partial charge in [-0.1, -0.05) is 23.2 Å². The zero-order valence-corrected chi connectivity index (χ0v) is 10.3. The van der Waals surface area contributed by atoms with Crippen LogP contribution in [0.5, 0.6) is 0 Å². The number of carboxylic acids is 1. The normalized spacial score (nSPS) is 17.5. The Labute approximate surface area is 108 Å². The van der Waals surface area contributed by atoms with Crippen LogP contribution in [-0.2, 0) is 20.9 Å². The topological polar surface area (TPSA) is 55.8 Å². The van der Waals surface area contributed by atoms with Gasteiger partial charge in [-0.3, -0.25) is 0 Å². The lowest BCUT2D eigenvalue weighted by Gasteiger charge is -2.36. The maximum Gasteiger partial charge on any atom is 0.340 e. The Morgan fingerprint density at radius 3 is 2.71 bits per heavy atom. The Hall–Kier alpha value is -0.810. The molecule has 6 heteroatoms. The van der Waals surface area contributed by atoms with Gasteiger partial charge in [0.05, 0.1) is 19.8 Å². The smallest absolute Gasteiger partial charge is 0.340 e. The van der Waals surface area contributed by atoms with E-state index >= 15 is 0 Å². The van der Waals surface area contributed by atoms with Gasteiger partial charge >= 0.3 is 5.97 Å². The van der Waals surface area contributed by atoms with Crippen LogP contribution in [0.25, 0.3) is 0 Å². The molecule has 0 radical (unpaired) electrons. The van der Waals surface area contributed by atoms with Crippen LogP contribution in [0.2, 0.25) is 10.0 Å². The number of hydrogen-bond acceptors (Lipinski definition) is 3. The maximum absolute atomic E-state index is 11.0. The van der Waals surface area contributed by atoms with Crippen molar-refractivity contribution in [1.29, 1.82) is 0 Å². The summed E-state index contributed by atoms with van der Waals surface area (Å²) in [6.45, 7) is 0.204. The predicted octanol–water partition coefficient (Wildman–Crippen LogP) is 2.36. The molecular formula is C11H10Cl2O4. The zero-order chi connectivity index (χ0) is 12.5. The summed E-state index contributed by atoms with van der Waals surface area (Å²) in [4.78, 5) is 11.0. The molecule has 0 saturated carbocycles. The van der Waals surface area contributed by atoms with Crippen molar-refractivity contribution in [1.82, 2.24) is 0 Å². The molecule has 0 atom stereocenters. The Kier molecular flexibility index (Phi) is 3.58. The van der Waals surface area contributed by atoms with E-state index in [-0.39, 0.29) is 19.8 Å². The Bertz CT molecular complexity index is 443. The highest BCUT2D eigenvalue weighted by molar-refractivity contribution is 6.33. The van der Waals surface area contributed by atoms with E-state index in [2.05, 4.69) is 0 Å². The molecule has 0 aromatic heterocycles. The lowest BCUT2D eigenvalue weighted by molar-refractivity contribution is -0.228. The van der Waals surface area contributed by atoms with Crippen molar-refractivity contribution in [2.75, 3.05) is 13.2 Å². The van der Waals surface area contributed by atoms with Crippen molar-refractivity contribution in [2.45, 2.75) is 12.2 Å². The van der Waals surface area contributed by atoms with Crippen molar-refractivity contribution in [3.8, 4) is 0 Å². The van der Waals surface area contributed by atoms with Crippen LogP contribution in [0, 0.1) is 0 Å². The van der Waals surface area contributed by atoms with Gasteiger partial charge in [-0.25, -0.2) is 4.79 Å². The second-order valence-corrected chi connectivity index (χ2v) is 4.66. The minimum atomic E-state index is -1.24. The van der Waals surface area contributed by atoms with Gasteiger partial charge in [-0.05, 0) is 23.8 Å². The number of halogens is 2. The van der Waals surface area contributed by atoms with Crippen LogP contribution < -0.4 is 0 Å². The Balaban J connectivity index is 2.07. The Morgan fingerprint density at radius 2 is 2.18 bits per heavy atom. The van der Waals surface area contributed by atoms with Gasteiger partial charge in [-0.2, -0.15) is 0 Å². The summed E-state index contributed by atoms with van der Waals surface area (Å²) in [5.41, 5.74) is -0.585. The molecule has 92 valence electrons. The molecule has 1 aromatic rings. The summed E-state index contributed by atoms with van der Waals surface area (Å²) in [5.74, 6) is -1.03. The number of carbonyl (C=O) groups is 1. The van der Waals surface area contributed by atoms with Crippen molar-refractivity contribution in [3.63, 3.8) is 0 Å². The largest absolute Gasteiger partial charge is 0.479 e. The molecule has 17 heavy (non-hydrogen) atoms. The summed E-state index contributed by atoms with van der Waals surface area (Å²) < 4.78 is 10.3. The molecule has 0 aliphatic carbocycles. The molecule has 4 nitrogen and oxygen atoms in total. The van der Waals surface area contributed by atoms with Gasteiger partial charge in [0.15, 0.2) is 0 Å². The fraction of sp³-hybridized carbons (Fsp3) is 0.364. The third kappa shape index (κ3) is 2.55. The van der Waals surface area contributed by atoms with Gasteiger partial charge in [0, 0.05) is 10.0 Å². The molecule has 1 aliphatic heterocycles. The minimum absolute atomic E-state index is 0.0561. The van der Waals surface area contributed by atoms with E-state index in [4.69, 9.17) is 37.8 Å². The second-order valence-electron chi connectivity index (χ2n) is 3.82. The molecule has 2 rings (SSSR count). The monoisotopic (exact) mass is 276 g/mol. The molecule has 1 saturated heterocycles. The van der Waals surface area contributed by atoms with E-state index in [1.807, 2.05) is 0 Å². The second kappa shape index (κ2) is 4.82. The first-order valence-electron chi connectivity index (χ1n) is 4.92. The number of hydrogen-bond donors (Lipinski definition) is 1. The predicted molar refractivity (Wildman–Crippen MR) is 62.4 cm³/mol.